The van der Waals surface area contributed by atoms with Crippen LogP contribution in [-0.4, -0.2) is 0 Å². The first-order valence-electron chi connectivity index (χ1n) is 14.5. The second-order valence-electron chi connectivity index (χ2n) is 11.6. The molecule has 3 aromatic carbocycles. The summed E-state index contributed by atoms with van der Waals surface area (Å²) in [5.41, 5.74) is 12.5. The molecule has 0 aliphatic heterocycles. The molecule has 0 bridgehead atoms. The Kier molecular flexibility index (Phi) is 8.50. The van der Waals surface area contributed by atoms with E-state index in [9.17, 15) is 0 Å². The Labute approximate surface area is 237 Å². The molecule has 0 amide bonds. The van der Waals surface area contributed by atoms with Crippen molar-refractivity contribution in [1.82, 2.24) is 0 Å². The van der Waals surface area contributed by atoms with Crippen molar-refractivity contribution in [1.29, 1.82) is 0 Å². The van der Waals surface area contributed by atoms with Gasteiger partial charge in [0, 0.05) is 28.4 Å². The molecule has 1 unspecified atom stereocenters. The molecule has 1 aliphatic carbocycles. The van der Waals surface area contributed by atoms with Gasteiger partial charge in [-0.05, 0) is 82.5 Å². The largest absolute Gasteiger partial charge is 0.311 e. The first-order chi connectivity index (χ1) is 18.6. The van der Waals surface area contributed by atoms with Crippen LogP contribution in [-0.2, 0) is 5.41 Å². The first kappa shape index (κ1) is 28.4. The van der Waals surface area contributed by atoms with Gasteiger partial charge in [0.1, 0.15) is 0 Å². The number of fused-ring (bicyclic) bond motifs is 3. The molecule has 1 nitrogen and oxygen atoms in total. The SMILES string of the molecule is C=C(/C=C\CCC)C(C)c1cccc(N(C(=C)/C=C\C)c2ccc3c(c2)C(C)(C)c2ccccc2-3)c1C(C)C. The van der Waals surface area contributed by atoms with Gasteiger partial charge in [0.05, 0.1) is 0 Å². The summed E-state index contributed by atoms with van der Waals surface area (Å²) in [4.78, 5) is 2.35. The van der Waals surface area contributed by atoms with Gasteiger partial charge in [0.15, 0.2) is 0 Å². The van der Waals surface area contributed by atoms with E-state index in [1.807, 2.05) is 0 Å². The zero-order valence-corrected chi connectivity index (χ0v) is 25.0. The Bertz CT molecular complexity index is 1430. The topological polar surface area (TPSA) is 3.24 Å². The maximum absolute atomic E-state index is 4.54. The van der Waals surface area contributed by atoms with Crippen molar-refractivity contribution < 1.29 is 0 Å². The molecule has 0 N–H and O–H groups in total. The fraction of sp³-hybridized carbons (Fsp3) is 0.316. The number of anilines is 2. The minimum atomic E-state index is -0.0602. The maximum atomic E-state index is 4.54. The van der Waals surface area contributed by atoms with Gasteiger partial charge in [-0.3, -0.25) is 0 Å². The van der Waals surface area contributed by atoms with Gasteiger partial charge in [-0.25, -0.2) is 0 Å². The van der Waals surface area contributed by atoms with Crippen LogP contribution in [0.25, 0.3) is 11.1 Å². The molecule has 0 saturated heterocycles. The molecule has 0 aromatic heterocycles. The molecular weight excluding hydrogens is 470 g/mol. The van der Waals surface area contributed by atoms with Gasteiger partial charge in [0.25, 0.3) is 0 Å². The number of hydrogen-bond acceptors (Lipinski definition) is 1. The second kappa shape index (κ2) is 11.7. The second-order valence-corrected chi connectivity index (χ2v) is 11.6. The number of benzene rings is 3. The summed E-state index contributed by atoms with van der Waals surface area (Å²) in [5.74, 6) is 0.558. The van der Waals surface area contributed by atoms with E-state index in [4.69, 9.17) is 0 Å². The van der Waals surface area contributed by atoms with Crippen LogP contribution >= 0.6 is 0 Å². The normalized spacial score (nSPS) is 14.6. The zero-order valence-electron chi connectivity index (χ0n) is 25.0. The van der Waals surface area contributed by atoms with E-state index in [1.165, 1.54) is 39.1 Å². The Morgan fingerprint density at radius 3 is 2.31 bits per heavy atom. The van der Waals surface area contributed by atoms with E-state index in [-0.39, 0.29) is 11.3 Å². The summed E-state index contributed by atoms with van der Waals surface area (Å²) >= 11 is 0. The molecule has 0 fully saturated rings. The van der Waals surface area contributed by atoms with E-state index >= 15 is 0 Å². The Balaban J connectivity index is 1.88. The number of rotatable bonds is 10. The summed E-state index contributed by atoms with van der Waals surface area (Å²) in [6.45, 7) is 24.8. The number of hydrogen-bond donors (Lipinski definition) is 0. The summed E-state index contributed by atoms with van der Waals surface area (Å²) < 4.78 is 0. The van der Waals surface area contributed by atoms with Crippen LogP contribution in [0.5, 0.6) is 0 Å². The average Bonchev–Trinajstić information content (AvgIpc) is 3.15. The summed E-state index contributed by atoms with van der Waals surface area (Å²) in [6, 6.07) is 22.5. The lowest BCUT2D eigenvalue weighted by atomic mass is 9.82. The third-order valence-electron chi connectivity index (χ3n) is 8.22. The van der Waals surface area contributed by atoms with E-state index < -0.39 is 0 Å². The molecule has 0 saturated carbocycles. The van der Waals surface area contributed by atoms with Gasteiger partial charge < -0.3 is 4.90 Å². The van der Waals surface area contributed by atoms with Crippen molar-refractivity contribution in [2.45, 2.75) is 78.6 Å². The van der Waals surface area contributed by atoms with Crippen molar-refractivity contribution >= 4 is 11.4 Å². The predicted molar refractivity (Wildman–Crippen MR) is 172 cm³/mol. The van der Waals surface area contributed by atoms with Gasteiger partial charge in [0.2, 0.25) is 0 Å². The van der Waals surface area contributed by atoms with Crippen LogP contribution in [0.4, 0.5) is 11.4 Å². The van der Waals surface area contributed by atoms with Crippen LogP contribution < -0.4 is 4.90 Å². The fourth-order valence-corrected chi connectivity index (χ4v) is 6.08. The lowest BCUT2D eigenvalue weighted by molar-refractivity contribution is 0.660. The van der Waals surface area contributed by atoms with Crippen LogP contribution in [0.15, 0.2) is 109 Å². The number of unbranched alkanes of at least 4 members (excludes halogenated alkanes) is 1. The molecule has 0 spiro atoms. The van der Waals surface area contributed by atoms with Crippen LogP contribution in [0, 0.1) is 0 Å². The Hall–Kier alpha value is -3.58. The highest BCUT2D eigenvalue weighted by Gasteiger charge is 2.36. The average molecular weight is 516 g/mol. The van der Waals surface area contributed by atoms with Crippen LogP contribution in [0.1, 0.15) is 95.4 Å². The summed E-state index contributed by atoms with van der Waals surface area (Å²) in [7, 11) is 0. The Morgan fingerprint density at radius 1 is 0.897 bits per heavy atom. The molecule has 202 valence electrons. The van der Waals surface area contributed by atoms with E-state index in [1.54, 1.807) is 0 Å². The van der Waals surface area contributed by atoms with Crippen molar-refractivity contribution in [3.05, 3.63) is 132 Å². The molecule has 39 heavy (non-hydrogen) atoms. The van der Waals surface area contributed by atoms with Gasteiger partial charge >= 0.3 is 0 Å². The maximum Gasteiger partial charge on any atom is 0.0498 e. The predicted octanol–water partition coefficient (Wildman–Crippen LogP) is 11.4. The van der Waals surface area contributed by atoms with Crippen molar-refractivity contribution in [3.63, 3.8) is 0 Å². The van der Waals surface area contributed by atoms with Crippen LogP contribution in [0.3, 0.4) is 0 Å². The highest BCUT2D eigenvalue weighted by molar-refractivity contribution is 5.84. The Morgan fingerprint density at radius 2 is 1.62 bits per heavy atom. The number of nitrogens with zero attached hydrogens (tertiary/aromatic N) is 1. The lowest BCUT2D eigenvalue weighted by Crippen LogP contribution is -2.20. The van der Waals surface area contributed by atoms with Gasteiger partial charge in [-0.1, -0.05) is 122 Å². The third kappa shape index (κ3) is 5.33. The summed E-state index contributed by atoms with van der Waals surface area (Å²) in [5, 5.41) is 0. The highest BCUT2D eigenvalue weighted by Crippen LogP contribution is 2.50. The summed E-state index contributed by atoms with van der Waals surface area (Å²) in [6.07, 6.45) is 10.9. The number of allylic oxidation sites excluding steroid dienone is 5. The third-order valence-corrected chi connectivity index (χ3v) is 8.22. The molecule has 3 aromatic rings. The van der Waals surface area contributed by atoms with Crippen LogP contribution in [0.2, 0.25) is 0 Å². The molecule has 0 radical (unpaired) electrons. The highest BCUT2D eigenvalue weighted by atomic mass is 15.1. The van der Waals surface area contributed by atoms with Gasteiger partial charge in [-0.2, -0.15) is 0 Å². The molecule has 4 rings (SSSR count). The lowest BCUT2D eigenvalue weighted by Gasteiger charge is -2.32. The van der Waals surface area contributed by atoms with E-state index in [2.05, 4.69) is 151 Å². The van der Waals surface area contributed by atoms with Crippen molar-refractivity contribution in [3.8, 4) is 11.1 Å². The minimum absolute atomic E-state index is 0.0602. The molecule has 1 aliphatic rings. The van der Waals surface area contributed by atoms with Gasteiger partial charge in [-0.15, -0.1) is 0 Å². The molecule has 1 atom stereocenters. The fourth-order valence-electron chi connectivity index (χ4n) is 6.08. The molecular formula is C38H45N. The van der Waals surface area contributed by atoms with E-state index in [0.717, 1.165) is 29.8 Å². The van der Waals surface area contributed by atoms with Crippen molar-refractivity contribution in [2.75, 3.05) is 4.90 Å². The molecule has 1 heteroatoms. The quantitative estimate of drug-likeness (QED) is 0.243. The standard InChI is InChI=1S/C38H45N/c1-10-12-13-18-27(5)29(7)31-20-16-22-36(37(31)26(3)4)39(28(6)17-11-2)30-23-24-33-32-19-14-15-21-34(32)38(8,9)35(33)25-30/h11,13-26,29H,5-6,10,12H2,1-4,7-9H3/b17-11-,18-13-. The van der Waals surface area contributed by atoms with E-state index in [0.29, 0.717) is 5.92 Å². The zero-order chi connectivity index (χ0) is 28.3. The smallest absolute Gasteiger partial charge is 0.0498 e. The minimum Gasteiger partial charge on any atom is -0.311 e. The molecule has 0 heterocycles. The first-order valence-corrected chi connectivity index (χ1v) is 14.5. The monoisotopic (exact) mass is 515 g/mol. The van der Waals surface area contributed by atoms with Crippen molar-refractivity contribution in [2.24, 2.45) is 0 Å².